The molecule has 0 spiro atoms. The van der Waals surface area contributed by atoms with Crippen molar-refractivity contribution in [3.8, 4) is 5.75 Å². The number of carbonyl (C=O) groups is 4. The molecule has 2 aliphatic heterocycles. The Labute approximate surface area is 276 Å². The van der Waals surface area contributed by atoms with Gasteiger partial charge in [0.25, 0.3) is 5.91 Å². The van der Waals surface area contributed by atoms with Crippen LogP contribution < -0.4 is 25.0 Å². The van der Waals surface area contributed by atoms with Crippen molar-refractivity contribution in [3.63, 3.8) is 0 Å². The number of nitrogens with two attached hydrogens (primary N) is 1. The van der Waals surface area contributed by atoms with Gasteiger partial charge in [-0.3, -0.25) is 19.2 Å². The molecule has 1 fully saturated rings. The van der Waals surface area contributed by atoms with Crippen LogP contribution in [-0.4, -0.2) is 55.6 Å². The van der Waals surface area contributed by atoms with E-state index in [1.54, 1.807) is 31.2 Å². The number of aromatic amines is 1. The number of hydrogen-bond donors (Lipinski definition) is 3. The number of imide groups is 1. The number of fused-ring (bicyclic) bond motifs is 2. The van der Waals surface area contributed by atoms with E-state index in [0.29, 0.717) is 32.6 Å². The molecule has 3 heterocycles. The molecule has 47 heavy (non-hydrogen) atoms. The molecule has 13 nitrogen and oxygen atoms in total. The molecule has 3 aromatic carbocycles. The summed E-state index contributed by atoms with van der Waals surface area (Å²) >= 11 is 2.14. The third-order valence-corrected chi connectivity index (χ3v) is 10.9. The number of hydrogen-bond acceptors (Lipinski definition) is 11. The number of carbonyl (C=O) groups excluding carboxylic acids is 4. The number of anilines is 2. The first-order valence-corrected chi connectivity index (χ1v) is 17.4. The monoisotopic (exact) mass is 694 g/mol. The molecule has 4 N–H and O–H groups in total. The van der Waals surface area contributed by atoms with Crippen LogP contribution in [0.25, 0.3) is 0 Å². The summed E-state index contributed by atoms with van der Waals surface area (Å²) in [6.45, 7) is 1.56. The number of ether oxygens (including phenoxy) is 2. The standard InChI is InChI=1S/C31H26N4O9S3/c1-2-43-30(39)17-3-9-19(10-4-17)35-28(37)24-23(25-27(34-31(40)46-25)45-26(24)29(35)38)16-5-11-20(12-6-16)44-15-22(36)33-18-7-13-21(14-8-18)47(32,41)42/h3-14,23-24,26H,2,15H2,1H3,(H,33,36)(H,34,40)(H2,32,41,42)/t23-,24?,26?/m1/s1. The second kappa shape index (κ2) is 12.8. The van der Waals surface area contributed by atoms with Crippen LogP contribution in [0.4, 0.5) is 11.4 Å². The zero-order chi connectivity index (χ0) is 33.5. The highest BCUT2D eigenvalue weighted by atomic mass is 32.2. The Hall–Kier alpha value is -4.77. The molecule has 1 saturated heterocycles. The fourth-order valence-corrected chi connectivity index (χ4v) is 8.47. The number of benzene rings is 3. The SMILES string of the molecule is CCOC(=O)c1ccc(N2C(=O)C3Sc4[nH]c(=O)sc4[C@H](c4ccc(OCC(=O)Nc5ccc(S(N)(=O)=O)cc5)cc4)C3C2=O)cc1. The van der Waals surface area contributed by atoms with E-state index in [0.717, 1.165) is 28.0 Å². The fourth-order valence-electron chi connectivity index (χ4n) is 5.44. The predicted octanol–water partition coefficient (Wildman–Crippen LogP) is 3.07. The van der Waals surface area contributed by atoms with Gasteiger partial charge in [-0.2, -0.15) is 0 Å². The van der Waals surface area contributed by atoms with Crippen molar-refractivity contribution in [2.75, 3.05) is 23.4 Å². The molecule has 0 bridgehead atoms. The highest BCUT2D eigenvalue weighted by Crippen LogP contribution is 2.53. The van der Waals surface area contributed by atoms with Gasteiger partial charge >= 0.3 is 10.8 Å². The lowest BCUT2D eigenvalue weighted by Gasteiger charge is -2.29. The number of amides is 3. The van der Waals surface area contributed by atoms with Crippen LogP contribution in [0.1, 0.15) is 33.6 Å². The van der Waals surface area contributed by atoms with Gasteiger partial charge in [0.15, 0.2) is 6.61 Å². The molecule has 242 valence electrons. The molecule has 0 saturated carbocycles. The van der Waals surface area contributed by atoms with E-state index in [1.807, 2.05) is 0 Å². The number of H-pyrrole nitrogens is 1. The third-order valence-electron chi connectivity index (χ3n) is 7.54. The van der Waals surface area contributed by atoms with Crippen molar-refractivity contribution in [2.24, 2.45) is 11.1 Å². The summed E-state index contributed by atoms with van der Waals surface area (Å²) in [6, 6.07) is 18.1. The molecular formula is C31H26N4O9S3. The van der Waals surface area contributed by atoms with E-state index in [9.17, 15) is 32.4 Å². The zero-order valence-electron chi connectivity index (χ0n) is 24.5. The first kappa shape index (κ1) is 32.2. The van der Waals surface area contributed by atoms with Crippen LogP contribution >= 0.6 is 23.1 Å². The highest BCUT2D eigenvalue weighted by molar-refractivity contribution is 8.00. The average molecular weight is 695 g/mol. The molecule has 0 aliphatic carbocycles. The Morgan fingerprint density at radius 2 is 1.64 bits per heavy atom. The van der Waals surface area contributed by atoms with E-state index in [2.05, 4.69) is 10.3 Å². The molecule has 3 atom stereocenters. The maximum Gasteiger partial charge on any atom is 0.338 e. The van der Waals surface area contributed by atoms with Crippen molar-refractivity contribution in [1.29, 1.82) is 0 Å². The molecule has 6 rings (SSSR count). The van der Waals surface area contributed by atoms with E-state index >= 15 is 0 Å². The molecular weight excluding hydrogens is 669 g/mol. The Morgan fingerprint density at radius 1 is 0.957 bits per heavy atom. The van der Waals surface area contributed by atoms with Gasteiger partial charge in [-0.05, 0) is 73.2 Å². The van der Waals surface area contributed by atoms with Crippen LogP contribution in [0.15, 0.2) is 87.5 Å². The van der Waals surface area contributed by atoms with Gasteiger partial charge in [0, 0.05) is 16.5 Å². The number of thiazole rings is 1. The highest BCUT2D eigenvalue weighted by Gasteiger charge is 2.56. The minimum Gasteiger partial charge on any atom is -0.484 e. The number of rotatable bonds is 9. The first-order valence-electron chi connectivity index (χ1n) is 14.1. The average Bonchev–Trinajstić information content (AvgIpc) is 3.54. The quantitative estimate of drug-likeness (QED) is 0.173. The van der Waals surface area contributed by atoms with Crippen LogP contribution in [0.2, 0.25) is 0 Å². The summed E-state index contributed by atoms with van der Waals surface area (Å²) in [7, 11) is -3.86. The third kappa shape index (κ3) is 6.44. The second-order valence-electron chi connectivity index (χ2n) is 10.5. The van der Waals surface area contributed by atoms with Crippen molar-refractivity contribution in [2.45, 2.75) is 28.0 Å². The van der Waals surface area contributed by atoms with Crippen molar-refractivity contribution < 1.29 is 37.1 Å². The van der Waals surface area contributed by atoms with Gasteiger partial charge in [-0.15, -0.1) is 0 Å². The molecule has 0 radical (unpaired) electrons. The zero-order valence-corrected chi connectivity index (χ0v) is 26.9. The summed E-state index contributed by atoms with van der Waals surface area (Å²) in [5.41, 5.74) is 1.63. The maximum atomic E-state index is 13.9. The summed E-state index contributed by atoms with van der Waals surface area (Å²) < 4.78 is 33.5. The van der Waals surface area contributed by atoms with E-state index in [-0.39, 0.29) is 28.5 Å². The van der Waals surface area contributed by atoms with Gasteiger partial charge in [0.05, 0.1) is 33.7 Å². The van der Waals surface area contributed by atoms with Gasteiger partial charge in [-0.25, -0.2) is 23.3 Å². The fraction of sp³-hybridized carbons (Fsp3) is 0.194. The number of primary sulfonamides is 1. The van der Waals surface area contributed by atoms with Crippen LogP contribution in [0, 0.1) is 5.92 Å². The largest absolute Gasteiger partial charge is 0.484 e. The summed E-state index contributed by atoms with van der Waals surface area (Å²) in [5.74, 6) is -2.93. The van der Waals surface area contributed by atoms with Crippen LogP contribution in [-0.2, 0) is 29.1 Å². The lowest BCUT2D eigenvalue weighted by molar-refractivity contribution is -0.122. The second-order valence-corrected chi connectivity index (χ2v) is 14.2. The van der Waals surface area contributed by atoms with E-state index in [4.69, 9.17) is 14.6 Å². The minimum atomic E-state index is -3.86. The Morgan fingerprint density at radius 3 is 2.28 bits per heavy atom. The molecule has 1 aromatic heterocycles. The summed E-state index contributed by atoms with van der Waals surface area (Å²) in [5, 5.41) is 7.43. The lowest BCUT2D eigenvalue weighted by atomic mass is 9.83. The number of esters is 1. The first-order chi connectivity index (χ1) is 22.4. The van der Waals surface area contributed by atoms with E-state index < -0.39 is 50.8 Å². The van der Waals surface area contributed by atoms with E-state index in [1.165, 1.54) is 48.5 Å². The van der Waals surface area contributed by atoms with Crippen molar-refractivity contribution in [3.05, 3.63) is 98.5 Å². The van der Waals surface area contributed by atoms with Crippen molar-refractivity contribution >= 4 is 68.2 Å². The Kier molecular flexibility index (Phi) is 8.76. The lowest BCUT2D eigenvalue weighted by Crippen LogP contribution is -2.32. The topological polar surface area (TPSA) is 195 Å². The van der Waals surface area contributed by atoms with Crippen molar-refractivity contribution in [1.82, 2.24) is 4.98 Å². The molecule has 4 aromatic rings. The van der Waals surface area contributed by atoms with Gasteiger partial charge in [-0.1, -0.05) is 35.2 Å². The number of thioether (sulfide) groups is 1. The molecule has 3 amide bonds. The summed E-state index contributed by atoms with van der Waals surface area (Å²) in [4.78, 5) is 68.7. The molecule has 2 aliphatic rings. The van der Waals surface area contributed by atoms with Crippen LogP contribution in [0.5, 0.6) is 5.75 Å². The van der Waals surface area contributed by atoms with Gasteiger partial charge in [0.2, 0.25) is 21.8 Å². The summed E-state index contributed by atoms with van der Waals surface area (Å²) in [6.07, 6.45) is 0. The molecule has 16 heteroatoms. The Balaban J connectivity index is 1.19. The number of nitrogens with zero attached hydrogens (tertiary/aromatic N) is 1. The normalized spacial score (nSPS) is 18.8. The Bertz CT molecular complexity index is 2040. The number of aromatic nitrogens is 1. The smallest absolute Gasteiger partial charge is 0.338 e. The van der Waals surface area contributed by atoms with Crippen LogP contribution in [0.3, 0.4) is 0 Å². The predicted molar refractivity (Wildman–Crippen MR) is 173 cm³/mol. The van der Waals surface area contributed by atoms with Gasteiger partial charge < -0.3 is 19.8 Å². The molecule has 2 unspecified atom stereocenters. The van der Waals surface area contributed by atoms with Gasteiger partial charge in [0.1, 0.15) is 11.0 Å². The number of nitrogens with one attached hydrogen (secondary N) is 2. The maximum absolute atomic E-state index is 13.9. The minimum absolute atomic E-state index is 0.0881. The number of sulfonamides is 1.